The van der Waals surface area contributed by atoms with Crippen LogP contribution in [0.3, 0.4) is 0 Å². The van der Waals surface area contributed by atoms with E-state index in [0.29, 0.717) is 11.7 Å². The molecule has 0 aliphatic heterocycles. The predicted molar refractivity (Wildman–Crippen MR) is 70.0 cm³/mol. The average Bonchev–Trinajstić information content (AvgIpc) is 2.36. The van der Waals surface area contributed by atoms with E-state index in [1.165, 1.54) is 0 Å². The van der Waals surface area contributed by atoms with E-state index in [9.17, 15) is 0 Å². The molecular formula is C14H15N3. The van der Waals surface area contributed by atoms with Crippen LogP contribution in [-0.4, -0.2) is 18.1 Å². The summed E-state index contributed by atoms with van der Waals surface area (Å²) in [6.07, 6.45) is 1.68. The normalized spacial score (nSPS) is 10.5. The minimum atomic E-state index is 0.449. The molecular weight excluding hydrogens is 210 g/mol. The Morgan fingerprint density at radius 2 is 2.06 bits per heavy atom. The molecule has 1 aromatic carbocycles. The van der Waals surface area contributed by atoms with Crippen molar-refractivity contribution in [3.05, 3.63) is 36.2 Å². The van der Waals surface area contributed by atoms with Gasteiger partial charge in [0.25, 0.3) is 0 Å². The van der Waals surface area contributed by atoms with E-state index < -0.39 is 0 Å². The van der Waals surface area contributed by atoms with Gasteiger partial charge >= 0.3 is 0 Å². The van der Waals surface area contributed by atoms with Crippen LogP contribution in [0.1, 0.15) is 19.5 Å². The highest BCUT2D eigenvalue weighted by atomic mass is 15.1. The molecule has 0 aliphatic rings. The second kappa shape index (κ2) is 4.42. The van der Waals surface area contributed by atoms with Crippen molar-refractivity contribution in [2.24, 2.45) is 0 Å². The average molecular weight is 225 g/mol. The molecule has 1 aromatic heterocycles. The van der Waals surface area contributed by atoms with Gasteiger partial charge in [0, 0.05) is 30.4 Å². The van der Waals surface area contributed by atoms with Gasteiger partial charge in [0.15, 0.2) is 0 Å². The molecule has 0 bridgehead atoms. The second-order valence-electron chi connectivity index (χ2n) is 4.38. The Hall–Kier alpha value is -2.08. The summed E-state index contributed by atoms with van der Waals surface area (Å²) in [7, 11) is 2.07. The molecule has 0 amide bonds. The summed E-state index contributed by atoms with van der Waals surface area (Å²) in [6, 6.07) is 10.6. The summed E-state index contributed by atoms with van der Waals surface area (Å²) < 4.78 is 0. The quantitative estimate of drug-likeness (QED) is 0.788. The summed E-state index contributed by atoms with van der Waals surface area (Å²) in [5.41, 5.74) is 1.64. The van der Waals surface area contributed by atoms with Crippen molar-refractivity contribution in [3.8, 4) is 6.07 Å². The van der Waals surface area contributed by atoms with E-state index in [2.05, 4.69) is 42.9 Å². The number of nitrogens with zero attached hydrogens (tertiary/aromatic N) is 3. The van der Waals surface area contributed by atoms with Gasteiger partial charge in [-0.25, -0.2) is 4.98 Å². The Bertz CT molecular complexity index is 582. The highest BCUT2D eigenvalue weighted by Gasteiger charge is 2.07. The molecule has 3 heteroatoms. The molecule has 0 saturated carbocycles. The fourth-order valence-corrected chi connectivity index (χ4v) is 1.77. The molecule has 0 saturated heterocycles. The van der Waals surface area contributed by atoms with Gasteiger partial charge < -0.3 is 4.90 Å². The number of anilines is 1. The first-order chi connectivity index (χ1) is 8.13. The SMILES string of the molecule is CC(C)N(C)c1ccc2c(C#N)nccc2c1. The van der Waals surface area contributed by atoms with Crippen molar-refractivity contribution in [2.45, 2.75) is 19.9 Å². The van der Waals surface area contributed by atoms with Gasteiger partial charge in [-0.1, -0.05) is 0 Å². The van der Waals surface area contributed by atoms with Crippen LogP contribution < -0.4 is 4.90 Å². The predicted octanol–water partition coefficient (Wildman–Crippen LogP) is 2.95. The van der Waals surface area contributed by atoms with Crippen molar-refractivity contribution < 1.29 is 0 Å². The van der Waals surface area contributed by atoms with Gasteiger partial charge in [-0.05, 0) is 43.5 Å². The fraction of sp³-hybridized carbons (Fsp3) is 0.286. The molecule has 3 nitrogen and oxygen atoms in total. The van der Waals surface area contributed by atoms with Crippen LogP contribution >= 0.6 is 0 Å². The third-order valence-electron chi connectivity index (χ3n) is 3.04. The second-order valence-corrected chi connectivity index (χ2v) is 4.38. The molecule has 1 heterocycles. The molecule has 0 N–H and O–H groups in total. The van der Waals surface area contributed by atoms with Gasteiger partial charge in [0.05, 0.1) is 0 Å². The summed E-state index contributed by atoms with van der Waals surface area (Å²) >= 11 is 0. The number of nitriles is 1. The van der Waals surface area contributed by atoms with E-state index in [0.717, 1.165) is 16.5 Å². The van der Waals surface area contributed by atoms with Gasteiger partial charge in [0.1, 0.15) is 11.8 Å². The number of benzene rings is 1. The number of hydrogen-bond acceptors (Lipinski definition) is 3. The maximum absolute atomic E-state index is 8.98. The number of aromatic nitrogens is 1. The first-order valence-electron chi connectivity index (χ1n) is 5.65. The standard InChI is InChI=1S/C14H15N3/c1-10(2)17(3)12-4-5-13-11(8-12)6-7-16-14(13)9-15/h4-8,10H,1-3H3. The van der Waals surface area contributed by atoms with Crippen molar-refractivity contribution in [1.82, 2.24) is 4.98 Å². The molecule has 0 unspecified atom stereocenters. The number of pyridine rings is 1. The lowest BCUT2D eigenvalue weighted by Gasteiger charge is -2.24. The third-order valence-corrected chi connectivity index (χ3v) is 3.04. The van der Waals surface area contributed by atoms with E-state index in [-0.39, 0.29) is 0 Å². The maximum atomic E-state index is 8.98. The molecule has 0 fully saturated rings. The molecule has 0 atom stereocenters. The largest absolute Gasteiger partial charge is 0.372 e. The highest BCUT2D eigenvalue weighted by molar-refractivity contribution is 5.89. The Balaban J connectivity index is 2.57. The topological polar surface area (TPSA) is 39.9 Å². The van der Waals surface area contributed by atoms with Gasteiger partial charge in [-0.15, -0.1) is 0 Å². The van der Waals surface area contributed by atoms with Crippen LogP contribution in [0.25, 0.3) is 10.8 Å². The smallest absolute Gasteiger partial charge is 0.148 e. The first-order valence-corrected chi connectivity index (χ1v) is 5.65. The van der Waals surface area contributed by atoms with Crippen LogP contribution in [-0.2, 0) is 0 Å². The van der Waals surface area contributed by atoms with Crippen molar-refractivity contribution in [2.75, 3.05) is 11.9 Å². The van der Waals surface area contributed by atoms with E-state index >= 15 is 0 Å². The number of fused-ring (bicyclic) bond motifs is 1. The minimum Gasteiger partial charge on any atom is -0.372 e. The number of hydrogen-bond donors (Lipinski definition) is 0. The first kappa shape index (κ1) is 11.4. The third kappa shape index (κ3) is 2.07. The molecule has 2 aromatic rings. The van der Waals surface area contributed by atoms with Crippen LogP contribution in [0.5, 0.6) is 0 Å². The molecule has 0 spiro atoms. The van der Waals surface area contributed by atoms with Crippen molar-refractivity contribution in [1.29, 1.82) is 5.26 Å². The van der Waals surface area contributed by atoms with Crippen LogP contribution in [0, 0.1) is 11.3 Å². The molecule has 2 rings (SSSR count). The van der Waals surface area contributed by atoms with Crippen molar-refractivity contribution in [3.63, 3.8) is 0 Å². The molecule has 86 valence electrons. The lowest BCUT2D eigenvalue weighted by atomic mass is 10.1. The molecule has 0 radical (unpaired) electrons. The Kier molecular flexibility index (Phi) is 2.97. The van der Waals surface area contributed by atoms with Gasteiger partial charge in [-0.2, -0.15) is 5.26 Å². The van der Waals surface area contributed by atoms with Gasteiger partial charge in [-0.3, -0.25) is 0 Å². The minimum absolute atomic E-state index is 0.449. The zero-order chi connectivity index (χ0) is 12.4. The number of rotatable bonds is 2. The molecule has 0 aliphatic carbocycles. The summed E-state index contributed by atoms with van der Waals surface area (Å²) in [5, 5.41) is 10.9. The Morgan fingerprint density at radius 3 is 2.71 bits per heavy atom. The van der Waals surface area contributed by atoms with E-state index in [1.54, 1.807) is 6.20 Å². The van der Waals surface area contributed by atoms with Crippen LogP contribution in [0.2, 0.25) is 0 Å². The summed E-state index contributed by atoms with van der Waals surface area (Å²) in [6.45, 7) is 4.30. The lowest BCUT2D eigenvalue weighted by Crippen LogP contribution is -2.25. The lowest BCUT2D eigenvalue weighted by molar-refractivity contribution is 0.755. The van der Waals surface area contributed by atoms with Gasteiger partial charge in [0.2, 0.25) is 0 Å². The van der Waals surface area contributed by atoms with Crippen molar-refractivity contribution >= 4 is 16.5 Å². The van der Waals surface area contributed by atoms with E-state index in [4.69, 9.17) is 5.26 Å². The highest BCUT2D eigenvalue weighted by Crippen LogP contribution is 2.23. The van der Waals surface area contributed by atoms with E-state index in [1.807, 2.05) is 18.2 Å². The van der Waals surface area contributed by atoms with Crippen LogP contribution in [0.4, 0.5) is 5.69 Å². The maximum Gasteiger partial charge on any atom is 0.148 e. The van der Waals surface area contributed by atoms with Crippen LogP contribution in [0.15, 0.2) is 30.5 Å². The summed E-state index contributed by atoms with van der Waals surface area (Å²) in [5.74, 6) is 0. The monoisotopic (exact) mass is 225 g/mol. The Labute approximate surface area is 101 Å². The molecule has 17 heavy (non-hydrogen) atoms. The zero-order valence-electron chi connectivity index (χ0n) is 10.3. The Morgan fingerprint density at radius 1 is 1.29 bits per heavy atom. The fourth-order valence-electron chi connectivity index (χ4n) is 1.77. The zero-order valence-corrected chi connectivity index (χ0v) is 10.3. The summed E-state index contributed by atoms with van der Waals surface area (Å²) in [4.78, 5) is 6.26.